The van der Waals surface area contributed by atoms with Crippen LogP contribution in [-0.4, -0.2) is 35.0 Å². The number of amidine groups is 1. The summed E-state index contributed by atoms with van der Waals surface area (Å²) in [6.45, 7) is 4.08. The molecule has 2 aliphatic heterocycles. The second kappa shape index (κ2) is 5.58. The monoisotopic (exact) mass is 309 g/mol. The number of hydrogen-bond donors (Lipinski definition) is 2. The molecule has 4 aliphatic rings. The van der Waals surface area contributed by atoms with Gasteiger partial charge in [-0.05, 0) is 63.5 Å². The predicted molar refractivity (Wildman–Crippen MR) is 88.5 cm³/mol. The largest absolute Gasteiger partial charge is 0.316 e. The Hall–Kier alpha value is -0.550. The van der Waals surface area contributed by atoms with Crippen LogP contribution in [0.5, 0.6) is 0 Å². The number of fused-ring (bicyclic) bond motifs is 2. The summed E-state index contributed by atoms with van der Waals surface area (Å²) in [6.07, 6.45) is 6.44. The van der Waals surface area contributed by atoms with Gasteiger partial charge in [-0.15, -0.1) is 0 Å². The quantitative estimate of drug-likeness (QED) is 0.823. The summed E-state index contributed by atoms with van der Waals surface area (Å²) in [6, 6.07) is 0.473. The first-order valence-electron chi connectivity index (χ1n) is 7.94. The second-order valence-corrected chi connectivity index (χ2v) is 8.47. The van der Waals surface area contributed by atoms with Crippen molar-refractivity contribution in [3.8, 4) is 0 Å². The van der Waals surface area contributed by atoms with Crippen molar-refractivity contribution >= 4 is 22.8 Å². The molecule has 4 rings (SSSR count). The Morgan fingerprint density at radius 2 is 2.14 bits per heavy atom. The minimum atomic E-state index is -0.319. The van der Waals surface area contributed by atoms with E-state index in [1.165, 1.54) is 25.7 Å². The minimum absolute atomic E-state index is 0. The number of nitrogens with one attached hydrogen (secondary N) is 2. The van der Waals surface area contributed by atoms with Gasteiger partial charge >= 0.3 is 0 Å². The molecule has 2 saturated heterocycles. The van der Waals surface area contributed by atoms with Crippen LogP contribution in [0.25, 0.3) is 0 Å². The first-order valence-corrected chi connectivity index (χ1v) is 8.76. The summed E-state index contributed by atoms with van der Waals surface area (Å²) in [7, 11) is 0. The van der Waals surface area contributed by atoms with E-state index < -0.39 is 0 Å². The molecule has 4 fully saturated rings. The zero-order chi connectivity index (χ0) is 13.7. The third kappa shape index (κ3) is 2.52. The highest BCUT2D eigenvalue weighted by atomic mass is 32.2. The molecule has 21 heavy (non-hydrogen) atoms. The molecule has 0 aromatic carbocycles. The van der Waals surface area contributed by atoms with Gasteiger partial charge in [0.15, 0.2) is 5.17 Å². The van der Waals surface area contributed by atoms with E-state index in [9.17, 15) is 4.79 Å². The van der Waals surface area contributed by atoms with E-state index >= 15 is 0 Å². The highest BCUT2D eigenvalue weighted by Gasteiger charge is 2.50. The Morgan fingerprint density at radius 1 is 1.29 bits per heavy atom. The summed E-state index contributed by atoms with van der Waals surface area (Å²) in [5.41, 5.74) is 0. The van der Waals surface area contributed by atoms with Gasteiger partial charge < -0.3 is 10.6 Å². The lowest BCUT2D eigenvalue weighted by molar-refractivity contribution is -0.122. The molecular formula is C16H27N3OS. The van der Waals surface area contributed by atoms with Crippen LogP contribution in [-0.2, 0) is 4.79 Å². The molecule has 1 amide bonds. The third-order valence-corrected chi connectivity index (χ3v) is 7.15. The van der Waals surface area contributed by atoms with Crippen molar-refractivity contribution in [3.05, 3.63) is 0 Å². The first-order chi connectivity index (χ1) is 9.65. The smallest absolute Gasteiger partial charge is 0.242 e. The highest BCUT2D eigenvalue weighted by Crippen LogP contribution is 2.47. The summed E-state index contributed by atoms with van der Waals surface area (Å²) in [4.78, 5) is 17.3. The Balaban J connectivity index is 0.00000132. The molecule has 118 valence electrons. The maximum absolute atomic E-state index is 12.4. The zero-order valence-electron chi connectivity index (χ0n) is 12.0. The van der Waals surface area contributed by atoms with Gasteiger partial charge in [0.05, 0.1) is 6.04 Å². The molecule has 0 aromatic heterocycles. The third-order valence-electron chi connectivity index (χ3n) is 5.80. The molecule has 0 aromatic rings. The normalized spacial score (nSPS) is 46.9. The Morgan fingerprint density at radius 3 is 2.76 bits per heavy atom. The van der Waals surface area contributed by atoms with E-state index in [0.29, 0.717) is 12.0 Å². The van der Waals surface area contributed by atoms with Crippen molar-refractivity contribution in [1.29, 1.82) is 0 Å². The molecule has 2 saturated carbocycles. The van der Waals surface area contributed by atoms with Crippen molar-refractivity contribution < 1.29 is 4.79 Å². The standard InChI is InChI=1S/C15H23N3OS.CH4/c1-15(11-4-5-16-8-11)13(19)18-14(20-15)17-12-7-9-2-3-10(12)6-9;/h9-12,16H,2-8H2,1H3,(H,17,18,19);1H4. The fourth-order valence-corrected chi connectivity index (χ4v) is 5.71. The fraction of sp³-hybridized carbons (Fsp3) is 0.875. The number of aliphatic imine (C=N–C) groups is 1. The molecule has 0 radical (unpaired) electrons. The number of amides is 1. The first kappa shape index (κ1) is 15.3. The lowest BCUT2D eigenvalue weighted by Gasteiger charge is -2.25. The van der Waals surface area contributed by atoms with Crippen molar-refractivity contribution in [1.82, 2.24) is 10.6 Å². The zero-order valence-corrected chi connectivity index (χ0v) is 12.8. The van der Waals surface area contributed by atoms with Gasteiger partial charge in [-0.1, -0.05) is 25.6 Å². The SMILES string of the molecule is C.CC1(C2CCNC2)SC(=NC2CC3CCC2C3)NC1=O. The van der Waals surface area contributed by atoms with Crippen molar-refractivity contribution in [2.45, 2.75) is 57.2 Å². The molecule has 5 heteroatoms. The maximum atomic E-state index is 12.4. The van der Waals surface area contributed by atoms with E-state index in [1.807, 2.05) is 0 Å². The van der Waals surface area contributed by atoms with Gasteiger partial charge in [0.25, 0.3) is 0 Å². The highest BCUT2D eigenvalue weighted by molar-refractivity contribution is 8.16. The lowest BCUT2D eigenvalue weighted by atomic mass is 9.91. The fourth-order valence-electron chi connectivity index (χ4n) is 4.47. The molecule has 2 heterocycles. The Kier molecular flexibility index (Phi) is 4.08. The number of rotatable bonds is 2. The molecule has 2 N–H and O–H groups in total. The van der Waals surface area contributed by atoms with Crippen LogP contribution in [0.15, 0.2) is 4.99 Å². The van der Waals surface area contributed by atoms with Gasteiger partial charge in [-0.2, -0.15) is 0 Å². The van der Waals surface area contributed by atoms with Crippen LogP contribution in [0, 0.1) is 17.8 Å². The Bertz CT molecular complexity index is 460. The van der Waals surface area contributed by atoms with Crippen LogP contribution in [0.1, 0.15) is 46.5 Å². The molecule has 0 spiro atoms. The molecular weight excluding hydrogens is 282 g/mol. The summed E-state index contributed by atoms with van der Waals surface area (Å²) >= 11 is 1.68. The molecule has 5 unspecified atom stereocenters. The van der Waals surface area contributed by atoms with Crippen molar-refractivity contribution in [3.63, 3.8) is 0 Å². The van der Waals surface area contributed by atoms with Crippen molar-refractivity contribution in [2.75, 3.05) is 13.1 Å². The van der Waals surface area contributed by atoms with Crippen LogP contribution >= 0.6 is 11.8 Å². The summed E-state index contributed by atoms with van der Waals surface area (Å²) < 4.78 is -0.319. The number of carbonyl (C=O) groups excluding carboxylic acids is 1. The van der Waals surface area contributed by atoms with Crippen LogP contribution < -0.4 is 10.6 Å². The van der Waals surface area contributed by atoms with E-state index in [-0.39, 0.29) is 18.1 Å². The number of thioether (sulfide) groups is 1. The van der Waals surface area contributed by atoms with Crippen LogP contribution in [0.4, 0.5) is 0 Å². The van der Waals surface area contributed by atoms with Gasteiger partial charge in [0.2, 0.25) is 5.91 Å². The molecule has 4 nitrogen and oxygen atoms in total. The molecule has 5 atom stereocenters. The maximum Gasteiger partial charge on any atom is 0.242 e. The van der Waals surface area contributed by atoms with Gasteiger partial charge in [0.1, 0.15) is 4.75 Å². The van der Waals surface area contributed by atoms with Gasteiger partial charge in [0, 0.05) is 0 Å². The minimum Gasteiger partial charge on any atom is -0.316 e. The van der Waals surface area contributed by atoms with E-state index in [2.05, 4.69) is 17.6 Å². The number of hydrogen-bond acceptors (Lipinski definition) is 4. The topological polar surface area (TPSA) is 53.5 Å². The van der Waals surface area contributed by atoms with Crippen LogP contribution in [0.3, 0.4) is 0 Å². The average Bonchev–Trinajstić information content (AvgIpc) is 3.16. The molecule has 2 bridgehead atoms. The summed E-state index contributed by atoms with van der Waals surface area (Å²) in [5, 5.41) is 7.32. The lowest BCUT2D eigenvalue weighted by Crippen LogP contribution is -2.41. The average molecular weight is 309 g/mol. The number of carbonyl (C=O) groups is 1. The predicted octanol–water partition coefficient (Wildman–Crippen LogP) is 2.40. The second-order valence-electron chi connectivity index (χ2n) is 7.03. The van der Waals surface area contributed by atoms with E-state index in [0.717, 1.165) is 36.5 Å². The van der Waals surface area contributed by atoms with Gasteiger partial charge in [-0.25, -0.2) is 0 Å². The van der Waals surface area contributed by atoms with Crippen molar-refractivity contribution in [2.24, 2.45) is 22.7 Å². The number of nitrogens with zero attached hydrogens (tertiary/aromatic N) is 1. The van der Waals surface area contributed by atoms with E-state index in [1.54, 1.807) is 11.8 Å². The Labute approximate surface area is 131 Å². The van der Waals surface area contributed by atoms with E-state index in [4.69, 9.17) is 4.99 Å². The molecule has 2 aliphatic carbocycles. The van der Waals surface area contributed by atoms with Gasteiger partial charge in [-0.3, -0.25) is 9.79 Å². The van der Waals surface area contributed by atoms with Crippen LogP contribution in [0.2, 0.25) is 0 Å². The summed E-state index contributed by atoms with van der Waals surface area (Å²) in [5.74, 6) is 2.28.